The molecule has 0 saturated heterocycles. The fourth-order valence-electron chi connectivity index (χ4n) is 2.73. The van der Waals surface area contributed by atoms with Gasteiger partial charge in [0.15, 0.2) is 5.65 Å². The van der Waals surface area contributed by atoms with E-state index in [1.165, 1.54) is 18.3 Å². The molecule has 2 aromatic heterocycles. The summed E-state index contributed by atoms with van der Waals surface area (Å²) in [6.07, 6.45) is -2.89. The largest absolute Gasteiger partial charge is 0.416 e. The lowest BCUT2D eigenvalue weighted by Crippen LogP contribution is -2.26. The van der Waals surface area contributed by atoms with Crippen LogP contribution in [0.25, 0.3) is 11.0 Å². The molecule has 6 nitrogen and oxygen atoms in total. The van der Waals surface area contributed by atoms with Crippen LogP contribution >= 0.6 is 0 Å². The molecular formula is C18H20F3N5O. The summed E-state index contributed by atoms with van der Waals surface area (Å²) in [5, 5.41) is 4.64. The van der Waals surface area contributed by atoms with Crippen molar-refractivity contribution < 1.29 is 13.2 Å². The molecule has 9 heteroatoms. The van der Waals surface area contributed by atoms with Gasteiger partial charge in [-0.2, -0.15) is 23.3 Å². The van der Waals surface area contributed by atoms with E-state index >= 15 is 0 Å². The van der Waals surface area contributed by atoms with Crippen molar-refractivity contribution >= 4 is 17.0 Å². The van der Waals surface area contributed by atoms with Gasteiger partial charge in [-0.1, -0.05) is 12.1 Å². The Morgan fingerprint density at radius 1 is 1.15 bits per heavy atom. The van der Waals surface area contributed by atoms with E-state index in [1.54, 1.807) is 16.6 Å². The molecule has 0 amide bonds. The van der Waals surface area contributed by atoms with E-state index in [4.69, 9.17) is 0 Å². The zero-order valence-corrected chi connectivity index (χ0v) is 15.4. The van der Waals surface area contributed by atoms with Gasteiger partial charge in [-0.05, 0) is 38.5 Å². The lowest BCUT2D eigenvalue weighted by Gasteiger charge is -2.21. The zero-order chi connectivity index (χ0) is 20.0. The number of halogens is 3. The summed E-state index contributed by atoms with van der Waals surface area (Å²) < 4.78 is 39.7. The third-order valence-electron chi connectivity index (χ3n) is 4.12. The van der Waals surface area contributed by atoms with Gasteiger partial charge in [0, 0.05) is 13.6 Å². The van der Waals surface area contributed by atoms with Crippen LogP contribution in [-0.2, 0) is 18.3 Å². The molecule has 0 bridgehead atoms. The third kappa shape index (κ3) is 3.81. The Morgan fingerprint density at radius 2 is 1.78 bits per heavy atom. The fraction of sp³-hybridized carbons (Fsp3) is 0.389. The van der Waals surface area contributed by atoms with E-state index in [9.17, 15) is 18.0 Å². The van der Waals surface area contributed by atoms with Crippen molar-refractivity contribution in [2.45, 2.75) is 39.0 Å². The van der Waals surface area contributed by atoms with Crippen molar-refractivity contribution in [1.82, 2.24) is 19.7 Å². The molecule has 0 spiro atoms. The molecular weight excluding hydrogens is 359 g/mol. The Kier molecular flexibility index (Phi) is 4.49. The van der Waals surface area contributed by atoms with Gasteiger partial charge in [-0.25, -0.2) is 4.68 Å². The maximum absolute atomic E-state index is 12.7. The predicted molar refractivity (Wildman–Crippen MR) is 96.7 cm³/mol. The number of H-pyrrole nitrogens is 1. The minimum absolute atomic E-state index is 0.288. The second-order valence-electron chi connectivity index (χ2n) is 7.40. The average Bonchev–Trinajstić information content (AvgIpc) is 2.99. The average molecular weight is 379 g/mol. The van der Waals surface area contributed by atoms with Crippen LogP contribution in [0.15, 0.2) is 35.3 Å². The summed E-state index contributed by atoms with van der Waals surface area (Å²) in [5.41, 5.74) is -0.245. The van der Waals surface area contributed by atoms with Crippen LogP contribution < -0.4 is 10.5 Å². The molecule has 0 aliphatic rings. The van der Waals surface area contributed by atoms with E-state index in [2.05, 4.69) is 15.1 Å². The van der Waals surface area contributed by atoms with E-state index in [0.29, 0.717) is 22.5 Å². The van der Waals surface area contributed by atoms with Gasteiger partial charge < -0.3 is 4.90 Å². The van der Waals surface area contributed by atoms with Gasteiger partial charge in [-0.15, -0.1) is 0 Å². The van der Waals surface area contributed by atoms with Crippen molar-refractivity contribution in [3.63, 3.8) is 0 Å². The van der Waals surface area contributed by atoms with Gasteiger partial charge >= 0.3 is 6.18 Å². The second kappa shape index (κ2) is 6.40. The van der Waals surface area contributed by atoms with Crippen LogP contribution in [0.4, 0.5) is 19.1 Å². The number of benzene rings is 1. The fourth-order valence-corrected chi connectivity index (χ4v) is 2.73. The van der Waals surface area contributed by atoms with Gasteiger partial charge in [0.1, 0.15) is 5.39 Å². The molecule has 3 aromatic rings. The minimum Gasteiger partial charge on any atom is -0.341 e. The van der Waals surface area contributed by atoms with E-state index < -0.39 is 11.7 Å². The first-order valence-corrected chi connectivity index (χ1v) is 8.32. The molecule has 0 saturated carbocycles. The van der Waals surface area contributed by atoms with E-state index in [-0.39, 0.29) is 17.6 Å². The molecule has 0 aliphatic heterocycles. The highest BCUT2D eigenvalue weighted by molar-refractivity contribution is 5.74. The molecule has 0 radical (unpaired) electrons. The van der Waals surface area contributed by atoms with Crippen LogP contribution in [0.5, 0.6) is 0 Å². The van der Waals surface area contributed by atoms with Crippen molar-refractivity contribution in [2.24, 2.45) is 0 Å². The molecule has 0 atom stereocenters. The maximum atomic E-state index is 12.7. The molecule has 2 heterocycles. The molecule has 27 heavy (non-hydrogen) atoms. The van der Waals surface area contributed by atoms with Crippen LogP contribution in [0.1, 0.15) is 31.9 Å². The summed E-state index contributed by atoms with van der Waals surface area (Å²) in [5.74, 6) is 0.318. The van der Waals surface area contributed by atoms with Crippen molar-refractivity contribution in [2.75, 3.05) is 11.9 Å². The number of rotatable bonds is 3. The predicted octanol–water partition coefficient (Wildman–Crippen LogP) is 3.53. The smallest absolute Gasteiger partial charge is 0.341 e. The van der Waals surface area contributed by atoms with Crippen LogP contribution in [0.3, 0.4) is 0 Å². The van der Waals surface area contributed by atoms with E-state index in [0.717, 1.165) is 12.1 Å². The normalized spacial score (nSPS) is 12.6. The highest BCUT2D eigenvalue weighted by Crippen LogP contribution is 2.29. The summed E-state index contributed by atoms with van der Waals surface area (Å²) >= 11 is 0. The number of aromatic nitrogens is 4. The first-order chi connectivity index (χ1) is 12.5. The highest BCUT2D eigenvalue weighted by atomic mass is 19.4. The highest BCUT2D eigenvalue weighted by Gasteiger charge is 2.30. The van der Waals surface area contributed by atoms with Gasteiger partial charge in [-0.3, -0.25) is 9.78 Å². The molecule has 0 aliphatic carbocycles. The SMILES string of the molecule is CN(Cc1ccc(C(F)(F)F)cc1)c1nc2c(cnn2C(C)(C)C)c(=O)[nH]1. The summed E-state index contributed by atoms with van der Waals surface area (Å²) in [6.45, 7) is 6.14. The lowest BCUT2D eigenvalue weighted by atomic mass is 10.1. The van der Waals surface area contributed by atoms with Gasteiger partial charge in [0.2, 0.25) is 5.95 Å². The van der Waals surface area contributed by atoms with Crippen molar-refractivity contribution in [3.05, 3.63) is 51.9 Å². The maximum Gasteiger partial charge on any atom is 0.416 e. The first-order valence-electron chi connectivity index (χ1n) is 8.32. The Labute approximate surface area is 153 Å². The van der Waals surface area contributed by atoms with E-state index in [1.807, 2.05) is 20.8 Å². The molecule has 0 unspecified atom stereocenters. The number of anilines is 1. The molecule has 144 valence electrons. The van der Waals surface area contributed by atoms with Crippen molar-refractivity contribution in [3.8, 4) is 0 Å². The summed E-state index contributed by atoms with van der Waals surface area (Å²) in [4.78, 5) is 21.2. The Balaban J connectivity index is 1.92. The number of hydrogen-bond donors (Lipinski definition) is 1. The number of nitrogens with one attached hydrogen (secondary N) is 1. The van der Waals surface area contributed by atoms with Gasteiger partial charge in [0.25, 0.3) is 5.56 Å². The van der Waals surface area contributed by atoms with Gasteiger partial charge in [0.05, 0.1) is 17.3 Å². The second-order valence-corrected chi connectivity index (χ2v) is 7.40. The van der Waals surface area contributed by atoms with Crippen LogP contribution in [0.2, 0.25) is 0 Å². The Morgan fingerprint density at radius 3 is 2.33 bits per heavy atom. The number of fused-ring (bicyclic) bond motifs is 1. The van der Waals surface area contributed by atoms with Crippen LogP contribution in [0, 0.1) is 0 Å². The zero-order valence-electron chi connectivity index (χ0n) is 15.4. The van der Waals surface area contributed by atoms with Crippen molar-refractivity contribution in [1.29, 1.82) is 0 Å². The number of aromatic amines is 1. The number of nitrogens with zero attached hydrogens (tertiary/aromatic N) is 4. The molecule has 3 rings (SSSR count). The summed E-state index contributed by atoms with van der Waals surface area (Å²) in [6, 6.07) is 4.90. The first kappa shape index (κ1) is 18.9. The minimum atomic E-state index is -4.37. The quantitative estimate of drug-likeness (QED) is 0.756. The standard InChI is InChI=1S/C18H20F3N5O/c1-17(2,3)26-14-13(9-22-26)15(27)24-16(23-14)25(4)10-11-5-7-12(8-6-11)18(19,20)21/h5-9H,10H2,1-4H3,(H,23,24,27). The number of hydrogen-bond acceptors (Lipinski definition) is 4. The Bertz CT molecular complexity index is 1010. The monoisotopic (exact) mass is 379 g/mol. The molecule has 1 N–H and O–H groups in total. The lowest BCUT2D eigenvalue weighted by molar-refractivity contribution is -0.137. The topological polar surface area (TPSA) is 66.8 Å². The summed E-state index contributed by atoms with van der Waals surface area (Å²) in [7, 11) is 1.71. The Hall–Kier alpha value is -2.84. The molecule has 0 fully saturated rings. The number of alkyl halides is 3. The molecule has 1 aromatic carbocycles. The van der Waals surface area contributed by atoms with Crippen LogP contribution in [-0.4, -0.2) is 26.8 Å². The third-order valence-corrected chi connectivity index (χ3v) is 4.12.